The molecule has 0 amide bonds. The van der Waals surface area contributed by atoms with Crippen LogP contribution in [0.5, 0.6) is 0 Å². The Morgan fingerprint density at radius 2 is 1.90 bits per heavy atom. The van der Waals surface area contributed by atoms with Crippen molar-refractivity contribution in [1.29, 1.82) is 0 Å². The largest absolute Gasteiger partial charge is 0.316 e. The number of nitrogens with zero attached hydrogens (tertiary/aromatic N) is 1. The van der Waals surface area contributed by atoms with E-state index in [2.05, 4.69) is 37.9 Å². The lowest BCUT2D eigenvalue weighted by molar-refractivity contribution is 0.0692. The Morgan fingerprint density at radius 1 is 1.10 bits per heavy atom. The summed E-state index contributed by atoms with van der Waals surface area (Å²) in [6.07, 6.45) is 7.16. The van der Waals surface area contributed by atoms with Crippen LogP contribution < -0.4 is 5.32 Å². The highest BCUT2D eigenvalue weighted by Crippen LogP contribution is 2.33. The second-order valence-corrected chi connectivity index (χ2v) is 7.98. The molecule has 1 heterocycles. The Morgan fingerprint density at radius 3 is 2.60 bits per heavy atom. The van der Waals surface area contributed by atoms with E-state index in [0.29, 0.717) is 0 Å². The van der Waals surface area contributed by atoms with Gasteiger partial charge in [0.2, 0.25) is 0 Å². The average Bonchev–Trinajstić information content (AvgIpc) is 2.42. The molecule has 4 atom stereocenters. The monoisotopic (exact) mass is 280 g/mol. The summed E-state index contributed by atoms with van der Waals surface area (Å²) in [7, 11) is 0. The van der Waals surface area contributed by atoms with E-state index >= 15 is 0 Å². The van der Waals surface area contributed by atoms with Gasteiger partial charge in [0.05, 0.1) is 0 Å². The van der Waals surface area contributed by atoms with Crippen LogP contribution in [0.3, 0.4) is 0 Å². The molecule has 2 heteroatoms. The second kappa shape index (κ2) is 7.79. The SMILES string of the molecule is CC(C)CNCC1CCCN(C2CCC(C)C(C)C2)C1. The van der Waals surface area contributed by atoms with Gasteiger partial charge in [-0.05, 0) is 75.4 Å². The fourth-order valence-corrected chi connectivity index (χ4v) is 4.02. The first-order valence-corrected chi connectivity index (χ1v) is 9.01. The molecule has 1 aliphatic heterocycles. The molecule has 2 nitrogen and oxygen atoms in total. The predicted octanol–water partition coefficient (Wildman–Crippen LogP) is 3.77. The molecule has 1 saturated carbocycles. The van der Waals surface area contributed by atoms with Crippen molar-refractivity contribution in [3.63, 3.8) is 0 Å². The van der Waals surface area contributed by atoms with E-state index in [1.807, 2.05) is 0 Å². The highest BCUT2D eigenvalue weighted by atomic mass is 15.2. The molecular weight excluding hydrogens is 244 g/mol. The van der Waals surface area contributed by atoms with Gasteiger partial charge in [0.1, 0.15) is 0 Å². The maximum atomic E-state index is 3.67. The third-order valence-corrected chi connectivity index (χ3v) is 5.62. The van der Waals surface area contributed by atoms with Gasteiger partial charge in [-0.15, -0.1) is 0 Å². The van der Waals surface area contributed by atoms with Crippen LogP contribution in [0, 0.1) is 23.7 Å². The zero-order valence-corrected chi connectivity index (χ0v) is 14.2. The zero-order valence-electron chi connectivity index (χ0n) is 14.2. The smallest absolute Gasteiger partial charge is 0.00981 e. The molecule has 0 aromatic heterocycles. The fourth-order valence-electron chi connectivity index (χ4n) is 4.02. The summed E-state index contributed by atoms with van der Waals surface area (Å²) in [5.41, 5.74) is 0. The maximum absolute atomic E-state index is 3.67. The van der Waals surface area contributed by atoms with Gasteiger partial charge in [-0.2, -0.15) is 0 Å². The first kappa shape index (κ1) is 16.3. The van der Waals surface area contributed by atoms with E-state index < -0.39 is 0 Å². The first-order valence-electron chi connectivity index (χ1n) is 9.01. The highest BCUT2D eigenvalue weighted by Gasteiger charge is 2.31. The molecular formula is C18H36N2. The average molecular weight is 281 g/mol. The van der Waals surface area contributed by atoms with E-state index in [9.17, 15) is 0 Å². The van der Waals surface area contributed by atoms with Gasteiger partial charge in [-0.25, -0.2) is 0 Å². The summed E-state index contributed by atoms with van der Waals surface area (Å²) in [5.74, 6) is 3.53. The van der Waals surface area contributed by atoms with Crippen molar-refractivity contribution in [2.24, 2.45) is 23.7 Å². The molecule has 0 bridgehead atoms. The molecule has 20 heavy (non-hydrogen) atoms. The Balaban J connectivity index is 1.75. The summed E-state index contributed by atoms with van der Waals surface area (Å²) in [4.78, 5) is 2.83. The number of hydrogen-bond donors (Lipinski definition) is 1. The molecule has 0 spiro atoms. The summed E-state index contributed by atoms with van der Waals surface area (Å²) >= 11 is 0. The van der Waals surface area contributed by atoms with Gasteiger partial charge in [-0.1, -0.05) is 27.7 Å². The highest BCUT2D eigenvalue weighted by molar-refractivity contribution is 4.85. The molecule has 2 rings (SSSR count). The zero-order chi connectivity index (χ0) is 14.5. The van der Waals surface area contributed by atoms with Gasteiger partial charge >= 0.3 is 0 Å². The Bertz CT molecular complexity index is 277. The van der Waals surface area contributed by atoms with Crippen LogP contribution in [0.2, 0.25) is 0 Å². The molecule has 1 aliphatic carbocycles. The minimum atomic E-state index is 0.773. The van der Waals surface area contributed by atoms with Crippen molar-refractivity contribution in [3.8, 4) is 0 Å². The van der Waals surface area contributed by atoms with E-state index in [1.165, 1.54) is 58.3 Å². The molecule has 4 unspecified atom stereocenters. The molecule has 2 aliphatic rings. The lowest BCUT2D eigenvalue weighted by Crippen LogP contribution is -2.47. The standard InChI is InChI=1S/C18H36N2/c1-14(2)11-19-12-17-6-5-9-20(13-17)18-8-7-15(3)16(4)10-18/h14-19H,5-13H2,1-4H3. The number of nitrogens with one attached hydrogen (secondary N) is 1. The number of rotatable bonds is 5. The van der Waals surface area contributed by atoms with Crippen LogP contribution in [0.4, 0.5) is 0 Å². The van der Waals surface area contributed by atoms with E-state index in [0.717, 1.165) is 29.7 Å². The number of likely N-dealkylation sites (tertiary alicyclic amines) is 1. The van der Waals surface area contributed by atoms with E-state index in [1.54, 1.807) is 0 Å². The predicted molar refractivity (Wildman–Crippen MR) is 88.0 cm³/mol. The van der Waals surface area contributed by atoms with Gasteiger partial charge in [-0.3, -0.25) is 0 Å². The Kier molecular flexibility index (Phi) is 6.35. The van der Waals surface area contributed by atoms with Crippen LogP contribution in [0.15, 0.2) is 0 Å². The van der Waals surface area contributed by atoms with Crippen LogP contribution in [-0.2, 0) is 0 Å². The number of piperidine rings is 1. The van der Waals surface area contributed by atoms with E-state index in [4.69, 9.17) is 0 Å². The van der Waals surface area contributed by atoms with Crippen molar-refractivity contribution in [3.05, 3.63) is 0 Å². The topological polar surface area (TPSA) is 15.3 Å². The summed E-state index contributed by atoms with van der Waals surface area (Å²) in [6, 6.07) is 0.883. The van der Waals surface area contributed by atoms with Crippen molar-refractivity contribution in [2.75, 3.05) is 26.2 Å². The lowest BCUT2D eigenvalue weighted by atomic mass is 9.78. The molecule has 1 N–H and O–H groups in total. The van der Waals surface area contributed by atoms with Crippen LogP contribution in [-0.4, -0.2) is 37.1 Å². The van der Waals surface area contributed by atoms with E-state index in [-0.39, 0.29) is 0 Å². The first-order chi connectivity index (χ1) is 9.56. The molecule has 1 saturated heterocycles. The summed E-state index contributed by atoms with van der Waals surface area (Å²) in [5, 5.41) is 3.67. The van der Waals surface area contributed by atoms with Crippen molar-refractivity contribution in [1.82, 2.24) is 10.2 Å². The third kappa shape index (κ3) is 4.73. The minimum absolute atomic E-state index is 0.773. The van der Waals surface area contributed by atoms with Crippen molar-refractivity contribution >= 4 is 0 Å². The second-order valence-electron chi connectivity index (χ2n) is 7.98. The summed E-state index contributed by atoms with van der Waals surface area (Å²) in [6.45, 7) is 14.6. The quantitative estimate of drug-likeness (QED) is 0.824. The van der Waals surface area contributed by atoms with Gasteiger partial charge < -0.3 is 10.2 Å². The summed E-state index contributed by atoms with van der Waals surface area (Å²) < 4.78 is 0. The minimum Gasteiger partial charge on any atom is -0.316 e. The maximum Gasteiger partial charge on any atom is 0.00981 e. The molecule has 2 fully saturated rings. The molecule has 118 valence electrons. The molecule has 0 aromatic rings. The normalized spacial score (nSPS) is 36.5. The Labute approximate surface area is 126 Å². The van der Waals surface area contributed by atoms with Crippen LogP contribution in [0.25, 0.3) is 0 Å². The van der Waals surface area contributed by atoms with Gasteiger partial charge in [0, 0.05) is 12.6 Å². The Hall–Kier alpha value is -0.0800. The van der Waals surface area contributed by atoms with Crippen LogP contribution in [0.1, 0.15) is 59.8 Å². The third-order valence-electron chi connectivity index (χ3n) is 5.62. The van der Waals surface area contributed by atoms with Gasteiger partial charge in [0.25, 0.3) is 0 Å². The van der Waals surface area contributed by atoms with Gasteiger partial charge in [0.15, 0.2) is 0 Å². The molecule has 0 radical (unpaired) electrons. The molecule has 0 aromatic carbocycles. The van der Waals surface area contributed by atoms with Crippen LogP contribution >= 0.6 is 0 Å². The lowest BCUT2D eigenvalue weighted by Gasteiger charge is -2.43. The number of hydrogen-bond acceptors (Lipinski definition) is 2. The van der Waals surface area contributed by atoms with Crippen molar-refractivity contribution < 1.29 is 0 Å². The van der Waals surface area contributed by atoms with Crippen molar-refractivity contribution in [2.45, 2.75) is 65.8 Å². The fraction of sp³-hybridized carbons (Fsp3) is 1.00.